The summed E-state index contributed by atoms with van der Waals surface area (Å²) in [7, 11) is 2.04. The van der Waals surface area contributed by atoms with Gasteiger partial charge in [-0.05, 0) is 23.8 Å². The molecule has 1 aliphatic rings. The number of fused-ring (bicyclic) bond motifs is 1. The number of anilines is 1. The van der Waals surface area contributed by atoms with Crippen LogP contribution in [0.4, 0.5) is 10.6 Å². The van der Waals surface area contributed by atoms with E-state index in [9.17, 15) is 9.90 Å². The second-order valence-electron chi connectivity index (χ2n) is 7.08. The summed E-state index contributed by atoms with van der Waals surface area (Å²) < 4.78 is 5.26. The number of carbonyl (C=O) groups is 1. The number of pyridine rings is 1. The average molecular weight is 340 g/mol. The predicted octanol–water partition coefficient (Wildman–Crippen LogP) is 4.56. The van der Waals surface area contributed by atoms with Crippen LogP contribution >= 0.6 is 0 Å². The molecule has 25 heavy (non-hydrogen) atoms. The number of nitrogens with zero attached hydrogens (tertiary/aromatic N) is 2. The Balaban J connectivity index is 2.36. The van der Waals surface area contributed by atoms with Crippen molar-refractivity contribution in [1.29, 1.82) is 0 Å². The lowest BCUT2D eigenvalue weighted by Gasteiger charge is -2.34. The van der Waals surface area contributed by atoms with Gasteiger partial charge in [0.05, 0.1) is 5.69 Å². The van der Waals surface area contributed by atoms with E-state index >= 15 is 0 Å². The Morgan fingerprint density at radius 1 is 1.32 bits per heavy atom. The van der Waals surface area contributed by atoms with Gasteiger partial charge in [0.2, 0.25) is 0 Å². The SMILES string of the molecule is CC1Cc2c(nc(C(C)C)c(OC(=O)O)c2-c2ccccc2)N(C)C1. The van der Waals surface area contributed by atoms with Gasteiger partial charge in [-0.15, -0.1) is 0 Å². The molecule has 1 aromatic carbocycles. The van der Waals surface area contributed by atoms with Gasteiger partial charge in [0, 0.05) is 24.7 Å². The molecule has 1 unspecified atom stereocenters. The summed E-state index contributed by atoms with van der Waals surface area (Å²) in [4.78, 5) is 18.3. The quantitative estimate of drug-likeness (QED) is 0.830. The zero-order valence-electron chi connectivity index (χ0n) is 15.1. The average Bonchev–Trinajstić information content (AvgIpc) is 2.54. The molecule has 0 saturated heterocycles. The molecule has 5 nitrogen and oxygen atoms in total. The van der Waals surface area contributed by atoms with E-state index in [1.165, 1.54) is 0 Å². The van der Waals surface area contributed by atoms with Crippen molar-refractivity contribution in [3.05, 3.63) is 41.6 Å². The topological polar surface area (TPSA) is 62.7 Å². The van der Waals surface area contributed by atoms with Crippen molar-refractivity contribution in [3.63, 3.8) is 0 Å². The highest BCUT2D eigenvalue weighted by atomic mass is 16.7. The van der Waals surface area contributed by atoms with Crippen molar-refractivity contribution in [3.8, 4) is 16.9 Å². The Morgan fingerprint density at radius 3 is 2.60 bits per heavy atom. The highest BCUT2D eigenvalue weighted by Crippen LogP contribution is 2.44. The molecular weight excluding hydrogens is 316 g/mol. The van der Waals surface area contributed by atoms with E-state index in [0.29, 0.717) is 17.4 Å². The zero-order valence-corrected chi connectivity index (χ0v) is 15.1. The molecule has 0 radical (unpaired) electrons. The monoisotopic (exact) mass is 340 g/mol. The summed E-state index contributed by atoms with van der Waals surface area (Å²) >= 11 is 0. The molecule has 132 valence electrons. The molecule has 0 bridgehead atoms. The van der Waals surface area contributed by atoms with Gasteiger partial charge >= 0.3 is 6.16 Å². The zero-order chi connectivity index (χ0) is 18.1. The summed E-state index contributed by atoms with van der Waals surface area (Å²) in [5.74, 6) is 1.81. The van der Waals surface area contributed by atoms with Gasteiger partial charge in [0.1, 0.15) is 5.82 Å². The number of hydrogen-bond acceptors (Lipinski definition) is 4. The second-order valence-corrected chi connectivity index (χ2v) is 7.08. The summed E-state index contributed by atoms with van der Waals surface area (Å²) in [6.07, 6.45) is -0.455. The molecule has 2 heterocycles. The van der Waals surface area contributed by atoms with Gasteiger partial charge in [-0.2, -0.15) is 0 Å². The lowest BCUT2D eigenvalue weighted by atomic mass is 9.88. The van der Waals surface area contributed by atoms with Crippen molar-refractivity contribution < 1.29 is 14.6 Å². The molecule has 0 saturated carbocycles. The largest absolute Gasteiger partial charge is 0.511 e. The van der Waals surface area contributed by atoms with Crippen LogP contribution in [0.2, 0.25) is 0 Å². The van der Waals surface area contributed by atoms with Gasteiger partial charge in [0.15, 0.2) is 5.75 Å². The van der Waals surface area contributed by atoms with Gasteiger partial charge in [-0.25, -0.2) is 9.78 Å². The molecule has 1 aliphatic heterocycles. The first-order chi connectivity index (χ1) is 11.9. The maximum atomic E-state index is 11.4. The normalized spacial score (nSPS) is 16.7. The summed E-state index contributed by atoms with van der Waals surface area (Å²) in [5, 5.41) is 9.29. The van der Waals surface area contributed by atoms with E-state index in [0.717, 1.165) is 35.5 Å². The van der Waals surface area contributed by atoms with E-state index < -0.39 is 6.16 Å². The van der Waals surface area contributed by atoms with E-state index in [1.807, 2.05) is 51.2 Å². The molecule has 0 amide bonds. The smallest absolute Gasteiger partial charge is 0.449 e. The van der Waals surface area contributed by atoms with Gasteiger partial charge in [-0.3, -0.25) is 0 Å². The standard InChI is InChI=1S/C20H24N2O3/c1-12(2)17-18(25-20(23)24)16(14-8-6-5-7-9-14)15-10-13(3)11-22(4)19(15)21-17/h5-9,12-13H,10-11H2,1-4H3,(H,23,24). The molecule has 1 atom stereocenters. The molecule has 0 fully saturated rings. The fraction of sp³-hybridized carbons (Fsp3) is 0.400. The van der Waals surface area contributed by atoms with Crippen molar-refractivity contribution in [2.75, 3.05) is 18.5 Å². The minimum atomic E-state index is -1.31. The molecular formula is C20H24N2O3. The Bertz CT molecular complexity index is 787. The maximum absolute atomic E-state index is 11.4. The van der Waals surface area contributed by atoms with E-state index in [2.05, 4.69) is 11.8 Å². The molecule has 3 rings (SSSR count). The number of benzene rings is 1. The Hall–Kier alpha value is -2.56. The molecule has 1 aromatic heterocycles. The Morgan fingerprint density at radius 2 is 2.00 bits per heavy atom. The summed E-state index contributed by atoms with van der Waals surface area (Å²) in [6, 6.07) is 9.85. The van der Waals surface area contributed by atoms with Crippen LogP contribution in [0, 0.1) is 5.92 Å². The van der Waals surface area contributed by atoms with Crippen LogP contribution in [-0.4, -0.2) is 29.8 Å². The Labute approximate surface area is 148 Å². The highest BCUT2D eigenvalue weighted by molar-refractivity contribution is 5.82. The fourth-order valence-electron chi connectivity index (χ4n) is 3.58. The van der Waals surface area contributed by atoms with Gasteiger partial charge < -0.3 is 14.7 Å². The van der Waals surface area contributed by atoms with Gasteiger partial charge in [0.25, 0.3) is 0 Å². The first-order valence-corrected chi connectivity index (χ1v) is 8.62. The fourth-order valence-corrected chi connectivity index (χ4v) is 3.58. The van der Waals surface area contributed by atoms with Crippen LogP contribution in [0.25, 0.3) is 11.1 Å². The first-order valence-electron chi connectivity index (χ1n) is 8.62. The van der Waals surface area contributed by atoms with E-state index in [4.69, 9.17) is 9.72 Å². The maximum Gasteiger partial charge on any atom is 0.511 e. The Kier molecular flexibility index (Phi) is 4.66. The lowest BCUT2D eigenvalue weighted by molar-refractivity contribution is 0.144. The van der Waals surface area contributed by atoms with Crippen LogP contribution < -0.4 is 9.64 Å². The summed E-state index contributed by atoms with van der Waals surface area (Å²) in [6.45, 7) is 7.14. The number of carboxylic acid groups (broad SMARTS) is 1. The minimum Gasteiger partial charge on any atom is -0.449 e. The van der Waals surface area contributed by atoms with E-state index in [1.54, 1.807) is 0 Å². The van der Waals surface area contributed by atoms with Crippen LogP contribution in [0.3, 0.4) is 0 Å². The van der Waals surface area contributed by atoms with Crippen molar-refractivity contribution in [2.24, 2.45) is 5.92 Å². The van der Waals surface area contributed by atoms with Crippen LogP contribution in [0.15, 0.2) is 30.3 Å². The van der Waals surface area contributed by atoms with Crippen molar-refractivity contribution in [1.82, 2.24) is 4.98 Å². The third-order valence-corrected chi connectivity index (χ3v) is 4.56. The second kappa shape index (κ2) is 6.75. The van der Waals surface area contributed by atoms with Crippen molar-refractivity contribution >= 4 is 12.0 Å². The highest BCUT2D eigenvalue weighted by Gasteiger charge is 2.30. The molecule has 5 heteroatoms. The molecule has 0 spiro atoms. The number of rotatable bonds is 3. The van der Waals surface area contributed by atoms with Gasteiger partial charge in [-0.1, -0.05) is 51.1 Å². The van der Waals surface area contributed by atoms with Crippen LogP contribution in [0.1, 0.15) is 37.9 Å². The first kappa shape index (κ1) is 17.3. The van der Waals surface area contributed by atoms with Crippen molar-refractivity contribution in [2.45, 2.75) is 33.1 Å². The number of hydrogen-bond donors (Lipinski definition) is 1. The molecule has 1 N–H and O–H groups in total. The third kappa shape index (κ3) is 3.31. The third-order valence-electron chi connectivity index (χ3n) is 4.56. The van der Waals surface area contributed by atoms with Crippen LogP contribution in [0.5, 0.6) is 5.75 Å². The van der Waals surface area contributed by atoms with E-state index in [-0.39, 0.29) is 5.92 Å². The minimum absolute atomic E-state index is 0.0508. The number of aromatic nitrogens is 1. The molecule has 2 aromatic rings. The predicted molar refractivity (Wildman–Crippen MR) is 98.6 cm³/mol. The number of ether oxygens (including phenoxy) is 1. The van der Waals surface area contributed by atoms with Crippen LogP contribution in [-0.2, 0) is 6.42 Å². The summed E-state index contributed by atoms with van der Waals surface area (Å²) in [5.41, 5.74) is 3.56. The lowest BCUT2D eigenvalue weighted by Crippen LogP contribution is -2.32. The molecule has 0 aliphatic carbocycles.